The standard InChI is InChI=1S/C13H17Br2NO2/c1-4-16(8-13(2,3)18)12(17)10-7-9(14)5-6-11(10)15/h5-7,18H,4,8H2,1-3H3. The van der Waals surface area contributed by atoms with Crippen molar-refractivity contribution in [2.45, 2.75) is 26.4 Å². The predicted molar refractivity (Wildman–Crippen MR) is 79.7 cm³/mol. The molecule has 0 aliphatic rings. The molecule has 0 saturated carbocycles. The van der Waals surface area contributed by atoms with Gasteiger partial charge in [0.2, 0.25) is 0 Å². The Bertz CT molecular complexity index is 441. The van der Waals surface area contributed by atoms with Crippen LogP contribution < -0.4 is 0 Å². The molecular weight excluding hydrogens is 362 g/mol. The summed E-state index contributed by atoms with van der Waals surface area (Å²) in [6, 6.07) is 5.47. The average molecular weight is 379 g/mol. The first-order valence-electron chi connectivity index (χ1n) is 5.71. The van der Waals surface area contributed by atoms with E-state index in [4.69, 9.17) is 0 Å². The summed E-state index contributed by atoms with van der Waals surface area (Å²) in [5.74, 6) is -0.0900. The number of aliphatic hydroxyl groups is 1. The van der Waals surface area contributed by atoms with E-state index in [9.17, 15) is 9.90 Å². The molecule has 1 aromatic carbocycles. The summed E-state index contributed by atoms with van der Waals surface area (Å²) in [5, 5.41) is 9.82. The quantitative estimate of drug-likeness (QED) is 0.871. The van der Waals surface area contributed by atoms with Crippen molar-refractivity contribution in [2.24, 2.45) is 0 Å². The van der Waals surface area contributed by atoms with Crippen molar-refractivity contribution >= 4 is 37.8 Å². The largest absolute Gasteiger partial charge is 0.389 e. The van der Waals surface area contributed by atoms with Crippen molar-refractivity contribution in [1.29, 1.82) is 0 Å². The zero-order valence-electron chi connectivity index (χ0n) is 10.7. The second kappa shape index (κ2) is 6.17. The van der Waals surface area contributed by atoms with Crippen LogP contribution in [0.15, 0.2) is 27.1 Å². The molecule has 1 N–H and O–H groups in total. The molecular formula is C13H17Br2NO2. The Morgan fingerprint density at radius 3 is 2.50 bits per heavy atom. The van der Waals surface area contributed by atoms with Gasteiger partial charge in [-0.05, 0) is 54.9 Å². The summed E-state index contributed by atoms with van der Waals surface area (Å²) in [4.78, 5) is 14.0. The van der Waals surface area contributed by atoms with Crippen LogP contribution in [0.25, 0.3) is 0 Å². The van der Waals surface area contributed by atoms with Crippen molar-refractivity contribution in [2.75, 3.05) is 13.1 Å². The fourth-order valence-electron chi connectivity index (χ4n) is 1.63. The number of carbonyl (C=O) groups excluding carboxylic acids is 1. The molecule has 1 rings (SSSR count). The van der Waals surface area contributed by atoms with E-state index >= 15 is 0 Å². The first-order chi connectivity index (χ1) is 8.24. The summed E-state index contributed by atoms with van der Waals surface area (Å²) in [6.07, 6.45) is 0. The lowest BCUT2D eigenvalue weighted by Gasteiger charge is -2.28. The van der Waals surface area contributed by atoms with Crippen LogP contribution in [0.4, 0.5) is 0 Å². The Hall–Kier alpha value is -0.390. The second-order valence-corrected chi connectivity index (χ2v) is 6.53. The van der Waals surface area contributed by atoms with Gasteiger partial charge in [-0.1, -0.05) is 15.9 Å². The summed E-state index contributed by atoms with van der Waals surface area (Å²) in [6.45, 7) is 6.15. The van der Waals surface area contributed by atoms with Gasteiger partial charge in [-0.25, -0.2) is 0 Å². The van der Waals surface area contributed by atoms with Gasteiger partial charge in [-0.2, -0.15) is 0 Å². The molecule has 0 aliphatic carbocycles. The minimum Gasteiger partial charge on any atom is -0.389 e. The molecule has 0 bridgehead atoms. The normalized spacial score (nSPS) is 11.4. The second-order valence-electron chi connectivity index (χ2n) is 4.76. The molecule has 1 aromatic rings. The number of carbonyl (C=O) groups is 1. The van der Waals surface area contributed by atoms with Crippen LogP contribution in [0.5, 0.6) is 0 Å². The Morgan fingerprint density at radius 1 is 1.39 bits per heavy atom. The molecule has 18 heavy (non-hydrogen) atoms. The number of rotatable bonds is 4. The summed E-state index contributed by atoms with van der Waals surface area (Å²) in [7, 11) is 0. The molecule has 0 atom stereocenters. The summed E-state index contributed by atoms with van der Waals surface area (Å²) in [5.41, 5.74) is -0.306. The van der Waals surface area contributed by atoms with Crippen LogP contribution in [-0.2, 0) is 0 Å². The van der Waals surface area contributed by atoms with Crippen LogP contribution >= 0.6 is 31.9 Å². The molecule has 0 saturated heterocycles. The van der Waals surface area contributed by atoms with E-state index in [-0.39, 0.29) is 5.91 Å². The number of hydrogen-bond donors (Lipinski definition) is 1. The topological polar surface area (TPSA) is 40.5 Å². The highest BCUT2D eigenvalue weighted by atomic mass is 79.9. The van der Waals surface area contributed by atoms with Gasteiger partial charge in [-0.3, -0.25) is 4.79 Å². The smallest absolute Gasteiger partial charge is 0.255 e. The Morgan fingerprint density at radius 2 is 2.00 bits per heavy atom. The van der Waals surface area contributed by atoms with Crippen LogP contribution in [-0.4, -0.2) is 34.6 Å². The molecule has 5 heteroatoms. The van der Waals surface area contributed by atoms with Crippen molar-refractivity contribution in [3.05, 3.63) is 32.7 Å². The predicted octanol–water partition coefficient (Wildman–Crippen LogP) is 3.44. The summed E-state index contributed by atoms with van der Waals surface area (Å²) >= 11 is 6.73. The molecule has 0 heterocycles. The number of nitrogens with zero attached hydrogens (tertiary/aromatic N) is 1. The highest BCUT2D eigenvalue weighted by Crippen LogP contribution is 2.23. The fourth-order valence-corrected chi connectivity index (χ4v) is 2.40. The minimum absolute atomic E-state index is 0.0900. The molecule has 0 unspecified atom stereocenters. The van der Waals surface area contributed by atoms with Crippen molar-refractivity contribution in [1.82, 2.24) is 4.90 Å². The first kappa shape index (κ1) is 15.7. The fraction of sp³-hybridized carbons (Fsp3) is 0.462. The van der Waals surface area contributed by atoms with Crippen molar-refractivity contribution in [3.8, 4) is 0 Å². The van der Waals surface area contributed by atoms with Crippen LogP contribution in [0, 0.1) is 0 Å². The zero-order valence-corrected chi connectivity index (χ0v) is 13.9. The van der Waals surface area contributed by atoms with Gasteiger partial charge >= 0.3 is 0 Å². The molecule has 0 aromatic heterocycles. The van der Waals surface area contributed by atoms with Gasteiger partial charge in [0.1, 0.15) is 0 Å². The third kappa shape index (κ3) is 4.37. The van der Waals surface area contributed by atoms with Crippen molar-refractivity contribution < 1.29 is 9.90 Å². The monoisotopic (exact) mass is 377 g/mol. The van der Waals surface area contributed by atoms with E-state index in [1.807, 2.05) is 19.1 Å². The van der Waals surface area contributed by atoms with Gasteiger partial charge in [0.05, 0.1) is 11.2 Å². The lowest BCUT2D eigenvalue weighted by molar-refractivity contribution is 0.0314. The van der Waals surface area contributed by atoms with Crippen molar-refractivity contribution in [3.63, 3.8) is 0 Å². The van der Waals surface area contributed by atoms with Crippen LogP contribution in [0.1, 0.15) is 31.1 Å². The van der Waals surface area contributed by atoms with E-state index in [1.165, 1.54) is 0 Å². The maximum Gasteiger partial charge on any atom is 0.255 e. The first-order valence-corrected chi connectivity index (χ1v) is 7.30. The zero-order chi connectivity index (χ0) is 13.9. The van der Waals surface area contributed by atoms with E-state index in [0.29, 0.717) is 18.7 Å². The van der Waals surface area contributed by atoms with E-state index < -0.39 is 5.60 Å². The third-order valence-electron chi connectivity index (χ3n) is 2.41. The maximum atomic E-state index is 12.4. The lowest BCUT2D eigenvalue weighted by atomic mass is 10.1. The summed E-state index contributed by atoms with van der Waals surface area (Å²) < 4.78 is 1.61. The van der Waals surface area contributed by atoms with E-state index in [2.05, 4.69) is 31.9 Å². The molecule has 3 nitrogen and oxygen atoms in total. The Balaban J connectivity index is 3.00. The Labute approximate surface area is 124 Å². The van der Waals surface area contributed by atoms with Gasteiger partial charge in [-0.15, -0.1) is 0 Å². The number of hydrogen-bond acceptors (Lipinski definition) is 2. The van der Waals surface area contributed by atoms with Gasteiger partial charge in [0.15, 0.2) is 0 Å². The third-order valence-corrected chi connectivity index (χ3v) is 3.59. The molecule has 0 radical (unpaired) electrons. The van der Waals surface area contributed by atoms with E-state index in [1.54, 1.807) is 24.8 Å². The average Bonchev–Trinajstić information content (AvgIpc) is 2.27. The lowest BCUT2D eigenvalue weighted by Crippen LogP contribution is -2.42. The molecule has 0 spiro atoms. The van der Waals surface area contributed by atoms with Gasteiger partial charge in [0.25, 0.3) is 5.91 Å². The Kier molecular flexibility index (Phi) is 5.37. The number of benzene rings is 1. The molecule has 0 fully saturated rings. The SMILES string of the molecule is CCN(CC(C)(C)O)C(=O)c1cc(Br)ccc1Br. The van der Waals surface area contributed by atoms with Gasteiger partial charge in [0, 0.05) is 22.0 Å². The maximum absolute atomic E-state index is 12.4. The number of halogens is 2. The molecule has 1 amide bonds. The number of likely N-dealkylation sites (N-methyl/N-ethyl adjacent to an activating group) is 1. The highest BCUT2D eigenvalue weighted by molar-refractivity contribution is 9.11. The van der Waals surface area contributed by atoms with Gasteiger partial charge < -0.3 is 10.0 Å². The molecule has 0 aliphatic heterocycles. The van der Waals surface area contributed by atoms with Crippen LogP contribution in [0.2, 0.25) is 0 Å². The van der Waals surface area contributed by atoms with E-state index in [0.717, 1.165) is 8.95 Å². The number of amides is 1. The molecule has 100 valence electrons. The minimum atomic E-state index is -0.899. The van der Waals surface area contributed by atoms with Crippen LogP contribution in [0.3, 0.4) is 0 Å². The highest BCUT2D eigenvalue weighted by Gasteiger charge is 2.23.